The van der Waals surface area contributed by atoms with Crippen LogP contribution in [-0.4, -0.2) is 34.2 Å². The van der Waals surface area contributed by atoms with Gasteiger partial charge in [0, 0.05) is 19.1 Å². The fourth-order valence-corrected chi connectivity index (χ4v) is 4.14. The predicted molar refractivity (Wildman–Crippen MR) is 69.0 cm³/mol. The number of hydrogen-bond acceptors (Lipinski definition) is 5. The van der Waals surface area contributed by atoms with Gasteiger partial charge in [0.2, 0.25) is 4.47 Å². The molecule has 3 rings (SSSR count). The number of fused-ring (bicyclic) bond motifs is 1. The monoisotopic (exact) mass is 272 g/mol. The van der Waals surface area contributed by atoms with Crippen molar-refractivity contribution in [1.29, 1.82) is 0 Å². The summed E-state index contributed by atoms with van der Waals surface area (Å²) >= 11 is 7.28. The Balaban J connectivity index is 1.63. The van der Waals surface area contributed by atoms with E-state index in [1.54, 1.807) is 0 Å². The van der Waals surface area contributed by atoms with E-state index in [-0.39, 0.29) is 0 Å². The van der Waals surface area contributed by atoms with Gasteiger partial charge in [-0.05, 0) is 36.3 Å². The lowest BCUT2D eigenvalue weighted by Gasteiger charge is -2.29. The van der Waals surface area contributed by atoms with E-state index in [0.29, 0.717) is 16.4 Å². The van der Waals surface area contributed by atoms with Crippen molar-refractivity contribution in [3.63, 3.8) is 0 Å². The highest BCUT2D eigenvalue weighted by Gasteiger charge is 2.38. The summed E-state index contributed by atoms with van der Waals surface area (Å²) in [7, 11) is 0. The normalized spacial score (nSPS) is 33.9. The van der Waals surface area contributed by atoms with Crippen LogP contribution in [0.1, 0.15) is 24.3 Å². The van der Waals surface area contributed by atoms with Crippen LogP contribution in [-0.2, 0) is 6.54 Å². The molecule has 1 aromatic heterocycles. The Kier molecular flexibility index (Phi) is 3.34. The molecule has 2 fully saturated rings. The lowest BCUT2D eigenvalue weighted by atomic mass is 9.78. The Hall–Kier alpha value is -0.230. The molecule has 0 amide bonds. The van der Waals surface area contributed by atoms with Crippen LogP contribution in [0, 0.1) is 11.8 Å². The van der Waals surface area contributed by atoms with Gasteiger partial charge >= 0.3 is 0 Å². The van der Waals surface area contributed by atoms with Crippen LogP contribution >= 0.6 is 22.9 Å². The van der Waals surface area contributed by atoms with Crippen LogP contribution < -0.4 is 5.73 Å². The Morgan fingerprint density at radius 2 is 2.24 bits per heavy atom. The smallest absolute Gasteiger partial charge is 0.207 e. The molecular formula is C11H17ClN4S. The average molecular weight is 273 g/mol. The largest absolute Gasteiger partial charge is 0.327 e. The SMILES string of the molecule is NC1CCCC2CN(Cc3nnc(Cl)s3)CC12. The number of halogens is 1. The maximum atomic E-state index is 6.21. The van der Waals surface area contributed by atoms with Crippen LogP contribution in [0.2, 0.25) is 4.47 Å². The first-order chi connectivity index (χ1) is 8.22. The summed E-state index contributed by atoms with van der Waals surface area (Å²) in [6.07, 6.45) is 3.83. The lowest BCUT2D eigenvalue weighted by molar-refractivity contribution is 0.259. The molecule has 0 spiro atoms. The zero-order chi connectivity index (χ0) is 11.8. The summed E-state index contributed by atoms with van der Waals surface area (Å²) in [6.45, 7) is 3.16. The highest BCUT2D eigenvalue weighted by atomic mass is 35.5. The van der Waals surface area contributed by atoms with E-state index in [2.05, 4.69) is 15.1 Å². The molecule has 0 radical (unpaired) electrons. The van der Waals surface area contributed by atoms with Crippen LogP contribution in [0.3, 0.4) is 0 Å². The molecule has 3 unspecified atom stereocenters. The van der Waals surface area contributed by atoms with Crippen molar-refractivity contribution < 1.29 is 0 Å². The molecule has 2 heterocycles. The number of nitrogens with zero attached hydrogens (tertiary/aromatic N) is 3. The lowest BCUT2D eigenvalue weighted by Crippen LogP contribution is -2.38. The fraction of sp³-hybridized carbons (Fsp3) is 0.818. The topological polar surface area (TPSA) is 55.0 Å². The van der Waals surface area contributed by atoms with Crippen molar-refractivity contribution in [2.24, 2.45) is 17.6 Å². The molecular weight excluding hydrogens is 256 g/mol. The molecule has 94 valence electrons. The number of rotatable bonds is 2. The van der Waals surface area contributed by atoms with E-state index in [4.69, 9.17) is 17.3 Å². The minimum atomic E-state index is 0.400. The predicted octanol–water partition coefficient (Wildman–Crippen LogP) is 1.75. The third-order valence-electron chi connectivity index (χ3n) is 4.03. The first-order valence-electron chi connectivity index (χ1n) is 6.18. The van der Waals surface area contributed by atoms with E-state index < -0.39 is 0 Å². The zero-order valence-electron chi connectivity index (χ0n) is 9.68. The Labute approximate surface area is 110 Å². The summed E-state index contributed by atoms with van der Waals surface area (Å²) in [4.78, 5) is 2.46. The average Bonchev–Trinajstić information content (AvgIpc) is 2.86. The summed E-state index contributed by atoms with van der Waals surface area (Å²) in [6, 6.07) is 0.400. The molecule has 2 aliphatic rings. The molecule has 1 saturated carbocycles. The van der Waals surface area contributed by atoms with Crippen molar-refractivity contribution in [3.05, 3.63) is 9.47 Å². The second kappa shape index (κ2) is 4.80. The Morgan fingerprint density at radius 3 is 2.94 bits per heavy atom. The van der Waals surface area contributed by atoms with Gasteiger partial charge in [-0.25, -0.2) is 0 Å². The standard InChI is InChI=1S/C11H17ClN4S/c12-11-15-14-10(17-11)6-16-4-7-2-1-3-9(13)8(7)5-16/h7-9H,1-6,13H2. The van der Waals surface area contributed by atoms with E-state index >= 15 is 0 Å². The van der Waals surface area contributed by atoms with Gasteiger partial charge in [-0.3, -0.25) is 4.90 Å². The van der Waals surface area contributed by atoms with E-state index in [1.807, 2.05) is 0 Å². The van der Waals surface area contributed by atoms with Crippen molar-refractivity contribution >= 4 is 22.9 Å². The van der Waals surface area contributed by atoms with Gasteiger partial charge in [-0.1, -0.05) is 17.8 Å². The molecule has 4 nitrogen and oxygen atoms in total. The van der Waals surface area contributed by atoms with Gasteiger partial charge in [0.15, 0.2) is 0 Å². The maximum Gasteiger partial charge on any atom is 0.207 e. The van der Waals surface area contributed by atoms with Crippen molar-refractivity contribution in [2.75, 3.05) is 13.1 Å². The fourth-order valence-electron chi connectivity index (χ4n) is 3.23. The van der Waals surface area contributed by atoms with Gasteiger partial charge in [0.1, 0.15) is 5.01 Å². The number of hydrogen-bond donors (Lipinski definition) is 1. The van der Waals surface area contributed by atoms with Gasteiger partial charge in [-0.2, -0.15) is 0 Å². The third-order valence-corrected chi connectivity index (χ3v) is 5.03. The summed E-state index contributed by atoms with van der Waals surface area (Å²) in [5.41, 5.74) is 6.21. The van der Waals surface area contributed by atoms with Crippen LogP contribution in [0.5, 0.6) is 0 Å². The van der Waals surface area contributed by atoms with Crippen molar-refractivity contribution in [3.8, 4) is 0 Å². The zero-order valence-corrected chi connectivity index (χ0v) is 11.3. The minimum Gasteiger partial charge on any atom is -0.327 e. The van der Waals surface area contributed by atoms with E-state index in [9.17, 15) is 0 Å². The third kappa shape index (κ3) is 2.47. The second-order valence-corrected chi connectivity index (χ2v) is 6.81. The molecule has 17 heavy (non-hydrogen) atoms. The number of nitrogens with two attached hydrogens (primary N) is 1. The molecule has 1 aliphatic carbocycles. The molecule has 3 atom stereocenters. The first kappa shape index (κ1) is 11.8. The first-order valence-corrected chi connectivity index (χ1v) is 7.37. The highest BCUT2D eigenvalue weighted by Crippen LogP contribution is 2.36. The van der Waals surface area contributed by atoms with Gasteiger partial charge in [0.25, 0.3) is 0 Å². The summed E-state index contributed by atoms with van der Waals surface area (Å²) < 4.78 is 0.535. The van der Waals surface area contributed by atoms with Gasteiger partial charge < -0.3 is 5.73 Å². The molecule has 2 N–H and O–H groups in total. The van der Waals surface area contributed by atoms with Crippen LogP contribution in [0.4, 0.5) is 0 Å². The van der Waals surface area contributed by atoms with E-state index in [1.165, 1.54) is 30.6 Å². The quantitative estimate of drug-likeness (QED) is 0.891. The number of aromatic nitrogens is 2. The Bertz CT molecular complexity index is 397. The Morgan fingerprint density at radius 1 is 1.35 bits per heavy atom. The maximum absolute atomic E-state index is 6.21. The van der Waals surface area contributed by atoms with E-state index in [0.717, 1.165) is 30.6 Å². The van der Waals surface area contributed by atoms with Crippen molar-refractivity contribution in [1.82, 2.24) is 15.1 Å². The van der Waals surface area contributed by atoms with Crippen LogP contribution in [0.25, 0.3) is 0 Å². The molecule has 1 saturated heterocycles. The van der Waals surface area contributed by atoms with Crippen molar-refractivity contribution in [2.45, 2.75) is 31.8 Å². The summed E-state index contributed by atoms with van der Waals surface area (Å²) in [5, 5.41) is 8.94. The molecule has 1 aliphatic heterocycles. The highest BCUT2D eigenvalue weighted by molar-refractivity contribution is 7.15. The molecule has 1 aromatic rings. The summed E-state index contributed by atoms with van der Waals surface area (Å²) in [5.74, 6) is 1.48. The molecule has 0 bridgehead atoms. The number of likely N-dealkylation sites (tertiary alicyclic amines) is 1. The van der Waals surface area contributed by atoms with Gasteiger partial charge in [0.05, 0.1) is 6.54 Å². The minimum absolute atomic E-state index is 0.400. The molecule has 0 aromatic carbocycles. The van der Waals surface area contributed by atoms with Crippen LogP contribution in [0.15, 0.2) is 0 Å². The second-order valence-electron chi connectivity index (χ2n) is 5.16. The molecule has 6 heteroatoms. The van der Waals surface area contributed by atoms with Gasteiger partial charge in [-0.15, -0.1) is 10.2 Å².